The summed E-state index contributed by atoms with van der Waals surface area (Å²) < 4.78 is 6.24. The zero-order valence-corrected chi connectivity index (χ0v) is 13.0. The van der Waals surface area contributed by atoms with Crippen molar-refractivity contribution in [2.24, 2.45) is 0 Å². The van der Waals surface area contributed by atoms with E-state index in [9.17, 15) is 9.59 Å². The van der Waals surface area contributed by atoms with Crippen molar-refractivity contribution >= 4 is 28.2 Å². The maximum atomic E-state index is 12.2. The first-order valence-corrected chi connectivity index (χ1v) is 7.39. The van der Waals surface area contributed by atoms with Crippen molar-refractivity contribution in [1.29, 1.82) is 0 Å². The van der Waals surface area contributed by atoms with Crippen molar-refractivity contribution in [1.82, 2.24) is 0 Å². The number of carbonyl (C=O) groups excluding carboxylic acids is 2. The van der Waals surface area contributed by atoms with Crippen LogP contribution in [-0.4, -0.2) is 12.3 Å². The molecule has 21 heavy (non-hydrogen) atoms. The van der Waals surface area contributed by atoms with Gasteiger partial charge in [-0.15, -0.1) is 0 Å². The zero-order chi connectivity index (χ0) is 15.1. The van der Waals surface area contributed by atoms with Crippen molar-refractivity contribution < 1.29 is 14.3 Å². The fourth-order valence-electron chi connectivity index (χ4n) is 1.99. The number of hydrogen-bond acceptors (Lipinski definition) is 3. The number of rotatable bonds is 6. The number of hydrogen-bond donors (Lipinski definition) is 0. The van der Waals surface area contributed by atoms with E-state index in [0.29, 0.717) is 0 Å². The molecule has 0 fully saturated rings. The number of halogens is 1. The van der Waals surface area contributed by atoms with Gasteiger partial charge in [0.05, 0.1) is 5.92 Å². The summed E-state index contributed by atoms with van der Waals surface area (Å²) in [6.07, 6.45) is 0.867. The average molecular weight is 347 g/mol. The molecule has 1 unspecified atom stereocenters. The van der Waals surface area contributed by atoms with Gasteiger partial charge in [0.15, 0.2) is 0 Å². The first-order chi connectivity index (χ1) is 10.2. The largest absolute Gasteiger partial charge is 0.460 e. The molecule has 0 saturated heterocycles. The van der Waals surface area contributed by atoms with E-state index in [-0.39, 0.29) is 19.0 Å². The van der Waals surface area contributed by atoms with Crippen molar-refractivity contribution in [3.8, 4) is 0 Å². The lowest BCUT2D eigenvalue weighted by Gasteiger charge is -2.14. The summed E-state index contributed by atoms with van der Waals surface area (Å²) in [5, 5.41) is 0. The topological polar surface area (TPSA) is 43.4 Å². The highest BCUT2D eigenvalue weighted by molar-refractivity contribution is 9.10. The maximum absolute atomic E-state index is 12.2. The van der Waals surface area contributed by atoms with Crippen LogP contribution in [-0.2, 0) is 20.9 Å². The molecule has 2 aromatic carbocycles. The minimum atomic E-state index is -0.556. The Morgan fingerprint density at radius 3 is 2.38 bits per heavy atom. The molecule has 0 spiro atoms. The maximum Gasteiger partial charge on any atom is 0.314 e. The van der Waals surface area contributed by atoms with Gasteiger partial charge < -0.3 is 9.53 Å². The Morgan fingerprint density at radius 2 is 1.76 bits per heavy atom. The van der Waals surface area contributed by atoms with Gasteiger partial charge in [0.2, 0.25) is 0 Å². The number of benzene rings is 2. The molecular formula is C17H15BrO3. The van der Waals surface area contributed by atoms with E-state index in [1.807, 2.05) is 54.6 Å². The molecule has 0 heterocycles. The van der Waals surface area contributed by atoms with Gasteiger partial charge in [0, 0.05) is 10.9 Å². The Labute approximate surface area is 132 Å². The number of carbonyl (C=O) groups is 2. The molecule has 0 radical (unpaired) electrons. The van der Waals surface area contributed by atoms with Gasteiger partial charge in [0.1, 0.15) is 12.9 Å². The highest BCUT2D eigenvalue weighted by Crippen LogP contribution is 2.23. The summed E-state index contributed by atoms with van der Waals surface area (Å²) in [6, 6.07) is 16.8. The smallest absolute Gasteiger partial charge is 0.314 e. The number of ether oxygens (including phenoxy) is 1. The van der Waals surface area contributed by atoms with Gasteiger partial charge in [-0.1, -0.05) is 58.4 Å². The van der Waals surface area contributed by atoms with Crippen LogP contribution in [0.3, 0.4) is 0 Å². The highest BCUT2D eigenvalue weighted by atomic mass is 79.9. The van der Waals surface area contributed by atoms with Crippen molar-refractivity contribution in [3.63, 3.8) is 0 Å². The monoisotopic (exact) mass is 346 g/mol. The number of esters is 1. The van der Waals surface area contributed by atoms with Gasteiger partial charge in [-0.2, -0.15) is 0 Å². The summed E-state index contributed by atoms with van der Waals surface area (Å²) in [6.45, 7) is 0.214. The first kappa shape index (κ1) is 15.4. The van der Waals surface area contributed by atoms with E-state index < -0.39 is 5.92 Å². The van der Waals surface area contributed by atoms with Gasteiger partial charge in [-0.3, -0.25) is 4.79 Å². The molecule has 4 heteroatoms. The molecule has 2 aromatic rings. The molecule has 0 aliphatic rings. The summed E-state index contributed by atoms with van der Waals surface area (Å²) >= 11 is 3.35. The Balaban J connectivity index is 2.05. The molecule has 0 bridgehead atoms. The average Bonchev–Trinajstić information content (AvgIpc) is 2.52. The Hall–Kier alpha value is -1.94. The van der Waals surface area contributed by atoms with Crippen molar-refractivity contribution in [2.45, 2.75) is 18.9 Å². The van der Waals surface area contributed by atoms with Crippen molar-refractivity contribution in [3.05, 3.63) is 70.2 Å². The van der Waals surface area contributed by atoms with E-state index in [1.165, 1.54) is 0 Å². The zero-order valence-electron chi connectivity index (χ0n) is 11.4. The molecule has 0 aliphatic heterocycles. The second-order valence-corrected chi connectivity index (χ2v) is 5.52. The molecule has 2 rings (SSSR count). The van der Waals surface area contributed by atoms with Crippen LogP contribution in [0.25, 0.3) is 0 Å². The Morgan fingerprint density at radius 1 is 1.10 bits per heavy atom. The molecular weight excluding hydrogens is 332 g/mol. The lowest BCUT2D eigenvalue weighted by atomic mass is 9.96. The van der Waals surface area contributed by atoms with E-state index in [4.69, 9.17) is 4.74 Å². The van der Waals surface area contributed by atoms with Gasteiger partial charge in [-0.25, -0.2) is 0 Å². The summed E-state index contributed by atoms with van der Waals surface area (Å²) in [4.78, 5) is 23.0. The predicted molar refractivity (Wildman–Crippen MR) is 83.8 cm³/mol. The lowest BCUT2D eigenvalue weighted by Crippen LogP contribution is -2.16. The van der Waals surface area contributed by atoms with Gasteiger partial charge in [-0.05, 0) is 23.3 Å². The van der Waals surface area contributed by atoms with Gasteiger partial charge >= 0.3 is 5.97 Å². The molecule has 0 saturated carbocycles. The van der Waals surface area contributed by atoms with Crippen LogP contribution in [0.2, 0.25) is 0 Å². The SMILES string of the molecule is O=CCC(C(=O)OCc1ccccc1)c1ccc(Br)cc1. The fraction of sp³-hybridized carbons (Fsp3) is 0.176. The highest BCUT2D eigenvalue weighted by Gasteiger charge is 2.21. The van der Waals surface area contributed by atoms with Crippen LogP contribution in [0, 0.1) is 0 Å². The lowest BCUT2D eigenvalue weighted by molar-refractivity contribution is -0.147. The molecule has 3 nitrogen and oxygen atoms in total. The second kappa shape index (κ2) is 7.74. The molecule has 0 aromatic heterocycles. The van der Waals surface area contributed by atoms with Gasteiger partial charge in [0.25, 0.3) is 0 Å². The van der Waals surface area contributed by atoms with E-state index in [1.54, 1.807) is 0 Å². The summed E-state index contributed by atoms with van der Waals surface area (Å²) in [7, 11) is 0. The Bertz CT molecular complexity index is 593. The minimum absolute atomic E-state index is 0.120. The number of aldehydes is 1. The van der Waals surface area contributed by atoms with Crippen LogP contribution in [0.4, 0.5) is 0 Å². The van der Waals surface area contributed by atoms with Crippen molar-refractivity contribution in [2.75, 3.05) is 0 Å². The third kappa shape index (κ3) is 4.53. The third-order valence-corrected chi connectivity index (χ3v) is 3.64. The molecule has 108 valence electrons. The quantitative estimate of drug-likeness (QED) is 0.589. The normalized spacial score (nSPS) is 11.7. The van der Waals surface area contributed by atoms with Crippen LogP contribution in [0.1, 0.15) is 23.5 Å². The van der Waals surface area contributed by atoms with Crippen LogP contribution in [0.5, 0.6) is 0 Å². The van der Waals surface area contributed by atoms with Crippen LogP contribution < -0.4 is 0 Å². The summed E-state index contributed by atoms with van der Waals surface area (Å²) in [5.74, 6) is -0.937. The van der Waals surface area contributed by atoms with E-state index in [0.717, 1.165) is 21.9 Å². The standard InChI is InChI=1S/C17H15BrO3/c18-15-8-6-14(7-9-15)16(10-11-19)17(20)21-12-13-4-2-1-3-5-13/h1-9,11,16H,10,12H2. The second-order valence-electron chi connectivity index (χ2n) is 4.60. The van der Waals surface area contributed by atoms with Crippen LogP contribution in [0.15, 0.2) is 59.1 Å². The molecule has 0 aliphatic carbocycles. The predicted octanol–water partition coefficient (Wildman–Crippen LogP) is 3.87. The third-order valence-electron chi connectivity index (χ3n) is 3.11. The molecule has 0 N–H and O–H groups in total. The van der Waals surface area contributed by atoms with E-state index >= 15 is 0 Å². The van der Waals surface area contributed by atoms with Crippen LogP contribution >= 0.6 is 15.9 Å². The first-order valence-electron chi connectivity index (χ1n) is 6.60. The fourth-order valence-corrected chi connectivity index (χ4v) is 2.25. The molecule has 0 amide bonds. The summed E-state index contributed by atoms with van der Waals surface area (Å²) in [5.41, 5.74) is 1.70. The molecule has 1 atom stereocenters. The Kier molecular flexibility index (Phi) is 5.69. The minimum Gasteiger partial charge on any atom is -0.460 e. The van der Waals surface area contributed by atoms with E-state index in [2.05, 4.69) is 15.9 Å².